The van der Waals surface area contributed by atoms with Crippen LogP contribution in [0.3, 0.4) is 0 Å². The number of nitrogens with zero attached hydrogens (tertiary/aromatic N) is 4. The summed E-state index contributed by atoms with van der Waals surface area (Å²) in [6, 6.07) is 4.01. The Bertz CT molecular complexity index is 1740. The number of amides is 5. The molecule has 0 radical (unpaired) electrons. The maximum Gasteiger partial charge on any atom is 0.410 e. The number of aromatic amines is 2. The zero-order chi connectivity index (χ0) is 38.8. The van der Waals surface area contributed by atoms with Gasteiger partial charge in [-0.15, -0.1) is 0 Å². The van der Waals surface area contributed by atoms with Gasteiger partial charge in [0.25, 0.3) is 0 Å². The molecule has 5 N–H and O–H groups in total. The van der Waals surface area contributed by atoms with Crippen LogP contribution in [0.25, 0.3) is 0 Å². The second-order valence-corrected chi connectivity index (χ2v) is 14.5. The Morgan fingerprint density at radius 1 is 0.778 bits per heavy atom. The third kappa shape index (κ3) is 10.4. The number of benzene rings is 1. The monoisotopic (exact) mass is 747 g/mol. The van der Waals surface area contributed by atoms with E-state index in [0.717, 1.165) is 5.56 Å². The number of H-pyrrole nitrogens is 2. The number of hydrogen-bond acceptors (Lipinski definition) is 10. The second-order valence-electron chi connectivity index (χ2n) is 14.5. The molecule has 1 aromatic carbocycles. The minimum atomic E-state index is -1.12. The normalized spacial score (nSPS) is 18.7. The molecule has 0 saturated carbocycles. The summed E-state index contributed by atoms with van der Waals surface area (Å²) in [4.78, 5) is 98.2. The van der Waals surface area contributed by atoms with Crippen molar-refractivity contribution in [2.75, 3.05) is 20.2 Å². The number of esters is 1. The predicted molar refractivity (Wildman–Crippen MR) is 193 cm³/mol. The van der Waals surface area contributed by atoms with Crippen molar-refractivity contribution in [2.45, 2.75) is 102 Å². The van der Waals surface area contributed by atoms with Gasteiger partial charge in [-0.25, -0.2) is 19.6 Å². The second kappa shape index (κ2) is 17.9. The Kier molecular flexibility index (Phi) is 13.1. The number of imidazole rings is 2. The first-order chi connectivity index (χ1) is 25.8. The topological polar surface area (TPSA) is 221 Å². The number of hydrogen-bond donors (Lipinski definition) is 5. The molecule has 17 nitrogen and oxygen atoms in total. The summed E-state index contributed by atoms with van der Waals surface area (Å²) >= 11 is 0. The highest BCUT2D eigenvalue weighted by molar-refractivity contribution is 5.96. The molecular formula is C37H49N9O8. The van der Waals surface area contributed by atoms with Crippen molar-refractivity contribution in [3.63, 3.8) is 0 Å². The van der Waals surface area contributed by atoms with Gasteiger partial charge >= 0.3 is 12.1 Å². The highest BCUT2D eigenvalue weighted by Gasteiger charge is 2.42. The highest BCUT2D eigenvalue weighted by Crippen LogP contribution is 2.23. The van der Waals surface area contributed by atoms with Crippen LogP contribution in [0, 0.1) is 0 Å². The SMILES string of the molecule is COC(=O)C(Cc1cnc[nH]1)NC(=O)C(Cc1ccccc1)NC(=O)C1CCCN1C(=O)C(Cc1cnc[nH]1)NC(=O)C1CCCN1C(=O)OC(C)(C)C. The number of likely N-dealkylation sites (tertiary alicyclic amines) is 2. The fraction of sp³-hybridized carbons (Fsp3) is 0.514. The summed E-state index contributed by atoms with van der Waals surface area (Å²) in [5.41, 5.74) is 1.18. The molecule has 2 fully saturated rings. The number of ether oxygens (including phenoxy) is 2. The molecule has 2 aromatic heterocycles. The number of methoxy groups -OCH3 is 1. The number of nitrogens with one attached hydrogen (secondary N) is 5. The van der Waals surface area contributed by atoms with Gasteiger partial charge in [0.2, 0.25) is 23.6 Å². The average Bonchev–Trinajstić information content (AvgIpc) is 3.98. The Balaban J connectivity index is 1.32. The van der Waals surface area contributed by atoms with Crippen LogP contribution in [0.15, 0.2) is 55.4 Å². The summed E-state index contributed by atoms with van der Waals surface area (Å²) in [7, 11) is 1.22. The Morgan fingerprint density at radius 2 is 1.33 bits per heavy atom. The third-order valence-corrected chi connectivity index (χ3v) is 9.31. The Labute approximate surface area is 313 Å². The molecule has 17 heteroatoms. The molecule has 5 unspecified atom stereocenters. The average molecular weight is 748 g/mol. The molecule has 5 rings (SSSR count). The molecule has 5 atom stereocenters. The predicted octanol–water partition coefficient (Wildman–Crippen LogP) is 1.18. The molecule has 4 heterocycles. The number of carbonyl (C=O) groups excluding carboxylic acids is 6. The molecule has 2 aliphatic rings. The van der Waals surface area contributed by atoms with Gasteiger partial charge in [0.15, 0.2) is 0 Å². The van der Waals surface area contributed by atoms with Crippen molar-refractivity contribution in [3.8, 4) is 0 Å². The summed E-state index contributed by atoms with van der Waals surface area (Å²) in [6.45, 7) is 5.81. The van der Waals surface area contributed by atoms with Gasteiger partial charge in [-0.05, 0) is 52.0 Å². The first-order valence-electron chi connectivity index (χ1n) is 18.1. The van der Waals surface area contributed by atoms with Crippen LogP contribution in [0.2, 0.25) is 0 Å². The fourth-order valence-corrected chi connectivity index (χ4v) is 6.72. The van der Waals surface area contributed by atoms with E-state index < -0.39 is 71.5 Å². The standard InChI is InChI=1S/C37H49N9O8/c1-37(2,3)54-36(52)46-15-9-13-30(46)33(49)43-27(17-24-19-38-21-40-24)34(50)45-14-8-12-29(45)32(48)42-26(16-23-10-6-5-7-11-23)31(47)44-28(35(51)53-4)18-25-20-39-22-41-25/h5-7,10-11,19-22,26-30H,8-9,12-18H2,1-4H3,(H,38,40)(H,39,41)(H,42,48)(H,43,49)(H,44,47). The summed E-state index contributed by atoms with van der Waals surface area (Å²) in [6.07, 6.45) is 7.44. The lowest BCUT2D eigenvalue weighted by Gasteiger charge is -2.32. The van der Waals surface area contributed by atoms with Crippen LogP contribution in [-0.2, 0) is 52.7 Å². The number of carbonyl (C=O) groups is 6. The van der Waals surface area contributed by atoms with Gasteiger partial charge in [0.05, 0.1) is 19.8 Å². The number of rotatable bonds is 14. The quantitative estimate of drug-likeness (QED) is 0.148. The molecule has 3 aromatic rings. The molecule has 0 spiro atoms. The van der Waals surface area contributed by atoms with Crippen LogP contribution in [0.4, 0.5) is 4.79 Å². The molecule has 2 aliphatic heterocycles. The minimum absolute atomic E-state index is 0.0544. The fourth-order valence-electron chi connectivity index (χ4n) is 6.72. The first-order valence-corrected chi connectivity index (χ1v) is 18.1. The van der Waals surface area contributed by atoms with E-state index in [2.05, 4.69) is 35.9 Å². The van der Waals surface area contributed by atoms with Crippen molar-refractivity contribution in [2.24, 2.45) is 0 Å². The van der Waals surface area contributed by atoms with Crippen molar-refractivity contribution >= 4 is 35.7 Å². The van der Waals surface area contributed by atoms with Crippen LogP contribution in [0.1, 0.15) is 63.4 Å². The summed E-state index contributed by atoms with van der Waals surface area (Å²) in [5.74, 6) is -2.85. The lowest BCUT2D eigenvalue weighted by atomic mass is 10.0. The zero-order valence-electron chi connectivity index (χ0n) is 31.0. The summed E-state index contributed by atoms with van der Waals surface area (Å²) in [5, 5.41) is 8.42. The van der Waals surface area contributed by atoms with E-state index in [1.165, 1.54) is 35.8 Å². The minimum Gasteiger partial charge on any atom is -0.467 e. The van der Waals surface area contributed by atoms with Gasteiger partial charge in [-0.2, -0.15) is 0 Å². The Hall–Kier alpha value is -5.74. The van der Waals surface area contributed by atoms with E-state index in [9.17, 15) is 28.8 Å². The molecule has 2 saturated heterocycles. The first kappa shape index (κ1) is 39.5. The molecule has 54 heavy (non-hydrogen) atoms. The molecule has 0 aliphatic carbocycles. The lowest BCUT2D eigenvalue weighted by Crippen LogP contribution is -2.59. The van der Waals surface area contributed by atoms with Gasteiger partial charge in [0, 0.05) is 56.1 Å². The molecule has 5 amide bonds. The van der Waals surface area contributed by atoms with Crippen LogP contribution < -0.4 is 16.0 Å². The molecular weight excluding hydrogens is 698 g/mol. The highest BCUT2D eigenvalue weighted by atomic mass is 16.6. The molecule has 290 valence electrons. The largest absolute Gasteiger partial charge is 0.467 e. The van der Waals surface area contributed by atoms with Crippen molar-refractivity contribution < 1.29 is 38.2 Å². The van der Waals surface area contributed by atoms with E-state index in [-0.39, 0.29) is 25.8 Å². The van der Waals surface area contributed by atoms with E-state index in [4.69, 9.17) is 9.47 Å². The van der Waals surface area contributed by atoms with Gasteiger partial charge in [0.1, 0.15) is 35.8 Å². The summed E-state index contributed by atoms with van der Waals surface area (Å²) < 4.78 is 10.5. The van der Waals surface area contributed by atoms with E-state index in [1.807, 2.05) is 30.3 Å². The van der Waals surface area contributed by atoms with Gasteiger partial charge < -0.3 is 40.3 Å². The van der Waals surface area contributed by atoms with Gasteiger partial charge in [-0.1, -0.05) is 30.3 Å². The van der Waals surface area contributed by atoms with Crippen LogP contribution in [0.5, 0.6) is 0 Å². The lowest BCUT2D eigenvalue weighted by molar-refractivity contribution is -0.145. The van der Waals surface area contributed by atoms with E-state index in [1.54, 1.807) is 27.0 Å². The van der Waals surface area contributed by atoms with Crippen LogP contribution in [-0.4, -0.2) is 121 Å². The van der Waals surface area contributed by atoms with Crippen molar-refractivity contribution in [1.29, 1.82) is 0 Å². The maximum absolute atomic E-state index is 14.3. The molecule has 0 bridgehead atoms. The number of aromatic nitrogens is 4. The van der Waals surface area contributed by atoms with E-state index in [0.29, 0.717) is 43.6 Å². The smallest absolute Gasteiger partial charge is 0.410 e. The van der Waals surface area contributed by atoms with Crippen molar-refractivity contribution in [1.82, 2.24) is 45.7 Å². The maximum atomic E-state index is 14.3. The zero-order valence-corrected chi connectivity index (χ0v) is 31.0. The Morgan fingerprint density at radius 3 is 1.89 bits per heavy atom. The third-order valence-electron chi connectivity index (χ3n) is 9.31. The van der Waals surface area contributed by atoms with Gasteiger partial charge in [-0.3, -0.25) is 24.1 Å². The van der Waals surface area contributed by atoms with Crippen molar-refractivity contribution in [3.05, 3.63) is 72.3 Å². The van der Waals surface area contributed by atoms with E-state index >= 15 is 0 Å². The van der Waals surface area contributed by atoms with Crippen LogP contribution >= 0.6 is 0 Å².